The topological polar surface area (TPSA) is 123 Å². The van der Waals surface area contributed by atoms with E-state index in [1.54, 1.807) is 0 Å². The van der Waals surface area contributed by atoms with Gasteiger partial charge in [0, 0.05) is 13.1 Å². The van der Waals surface area contributed by atoms with E-state index in [9.17, 15) is 9.59 Å². The molecule has 0 aromatic carbocycles. The first kappa shape index (κ1) is 12.8. The summed E-state index contributed by atoms with van der Waals surface area (Å²) >= 11 is 0. The number of carboxylic acid groups (broad SMARTS) is 1. The van der Waals surface area contributed by atoms with Gasteiger partial charge < -0.3 is 26.6 Å². The van der Waals surface area contributed by atoms with E-state index in [0.717, 1.165) is 0 Å². The van der Waals surface area contributed by atoms with Crippen molar-refractivity contribution in [3.63, 3.8) is 0 Å². The number of esters is 1. The molecule has 0 aromatic heterocycles. The van der Waals surface area contributed by atoms with Gasteiger partial charge in [0.15, 0.2) is 0 Å². The molecule has 14 heavy (non-hydrogen) atoms. The molecule has 7 heteroatoms. The van der Waals surface area contributed by atoms with Crippen LogP contribution in [0.3, 0.4) is 0 Å². The number of rotatable bonds is 2. The van der Waals surface area contributed by atoms with Crippen LogP contribution in [0.25, 0.3) is 0 Å². The van der Waals surface area contributed by atoms with Gasteiger partial charge in [0.05, 0.1) is 7.11 Å². The van der Waals surface area contributed by atoms with Crippen molar-refractivity contribution in [2.45, 2.75) is 12.1 Å². The molecule has 6 N–H and O–H groups in total. The fraction of sp³-hybridized carbons (Fsp3) is 0.714. The van der Waals surface area contributed by atoms with Crippen molar-refractivity contribution < 1.29 is 19.4 Å². The van der Waals surface area contributed by atoms with Crippen LogP contribution < -0.4 is 16.8 Å². The van der Waals surface area contributed by atoms with Crippen molar-refractivity contribution in [1.82, 2.24) is 16.8 Å². The molecule has 7 nitrogen and oxygen atoms in total. The molecular formula is C7H15N3O4. The van der Waals surface area contributed by atoms with Crippen molar-refractivity contribution in [2.75, 3.05) is 20.2 Å². The second-order valence-corrected chi connectivity index (χ2v) is 2.78. The molecule has 1 rings (SSSR count). The quantitative estimate of drug-likeness (QED) is 0.398. The Bertz CT molecular complexity index is 213. The van der Waals surface area contributed by atoms with Gasteiger partial charge in [-0.15, -0.1) is 0 Å². The first-order chi connectivity index (χ1) is 6.15. The molecule has 0 aliphatic carbocycles. The van der Waals surface area contributed by atoms with Crippen LogP contribution in [0.15, 0.2) is 0 Å². The van der Waals surface area contributed by atoms with Crippen LogP contribution in [0.4, 0.5) is 0 Å². The molecule has 82 valence electrons. The molecule has 0 amide bonds. The third-order valence-corrected chi connectivity index (χ3v) is 1.92. The van der Waals surface area contributed by atoms with E-state index >= 15 is 0 Å². The summed E-state index contributed by atoms with van der Waals surface area (Å²) in [6.45, 7) is 0.513. The van der Waals surface area contributed by atoms with Gasteiger partial charge in [-0.25, -0.2) is 0 Å². The predicted molar refractivity (Wildman–Crippen MR) is 48.3 cm³/mol. The smallest absolute Gasteiger partial charge is 0.324 e. The summed E-state index contributed by atoms with van der Waals surface area (Å²) in [6, 6.07) is -1.07. The molecular weight excluding hydrogens is 190 g/mol. The second-order valence-electron chi connectivity index (χ2n) is 2.78. The highest BCUT2D eigenvalue weighted by Crippen LogP contribution is 1.95. The molecule has 1 aliphatic heterocycles. The van der Waals surface area contributed by atoms with Crippen LogP contribution in [-0.2, 0) is 14.3 Å². The van der Waals surface area contributed by atoms with Gasteiger partial charge in [-0.2, -0.15) is 0 Å². The maximum atomic E-state index is 11.0. The number of hydrogen-bond acceptors (Lipinski definition) is 6. The Kier molecular flexibility index (Phi) is 5.06. The second kappa shape index (κ2) is 5.53. The maximum absolute atomic E-state index is 11.0. The Morgan fingerprint density at radius 1 is 1.29 bits per heavy atom. The molecule has 0 bridgehead atoms. The van der Waals surface area contributed by atoms with Crippen LogP contribution in [-0.4, -0.2) is 49.3 Å². The summed E-state index contributed by atoms with van der Waals surface area (Å²) in [5.41, 5.74) is 0. The van der Waals surface area contributed by atoms with Gasteiger partial charge in [-0.3, -0.25) is 9.59 Å². The third-order valence-electron chi connectivity index (χ3n) is 1.92. The van der Waals surface area contributed by atoms with Crippen LogP contribution >= 0.6 is 0 Å². The Hall–Kier alpha value is -1.18. The highest BCUT2D eigenvalue weighted by Gasteiger charge is 2.28. The number of carboxylic acids is 1. The lowest BCUT2D eigenvalue weighted by Gasteiger charge is -2.26. The fourth-order valence-electron chi connectivity index (χ4n) is 1.15. The van der Waals surface area contributed by atoms with E-state index in [-0.39, 0.29) is 25.2 Å². The minimum Gasteiger partial charge on any atom is -0.480 e. The van der Waals surface area contributed by atoms with Crippen LogP contribution in [0.5, 0.6) is 0 Å². The Balaban J connectivity index is 0.00000169. The minimum atomic E-state index is -0.921. The van der Waals surface area contributed by atoms with Crippen molar-refractivity contribution in [3.05, 3.63) is 0 Å². The van der Waals surface area contributed by atoms with E-state index in [2.05, 4.69) is 15.4 Å². The van der Waals surface area contributed by atoms with Gasteiger partial charge in [0.1, 0.15) is 12.1 Å². The number of carbonyl (C=O) groups is 2. The Morgan fingerprint density at radius 3 is 2.14 bits per heavy atom. The molecule has 1 fully saturated rings. The lowest BCUT2D eigenvalue weighted by molar-refractivity contribution is -0.146. The fourth-order valence-corrected chi connectivity index (χ4v) is 1.15. The molecule has 0 aromatic rings. The third kappa shape index (κ3) is 2.95. The van der Waals surface area contributed by atoms with Crippen molar-refractivity contribution in [2.24, 2.45) is 0 Å². The van der Waals surface area contributed by atoms with Gasteiger partial charge in [0.25, 0.3) is 0 Å². The van der Waals surface area contributed by atoms with E-state index in [1.165, 1.54) is 7.11 Å². The molecule has 1 aliphatic rings. The number of ether oxygens (including phenoxy) is 1. The zero-order valence-electron chi connectivity index (χ0n) is 7.95. The largest absolute Gasteiger partial charge is 0.480 e. The molecule has 0 saturated carbocycles. The summed E-state index contributed by atoms with van der Waals surface area (Å²) in [5, 5.41) is 14.1. The van der Waals surface area contributed by atoms with Gasteiger partial charge in [-0.05, 0) is 0 Å². The zero-order valence-corrected chi connectivity index (χ0v) is 7.95. The lowest BCUT2D eigenvalue weighted by atomic mass is 10.1. The van der Waals surface area contributed by atoms with E-state index < -0.39 is 18.1 Å². The first-order valence-electron chi connectivity index (χ1n) is 3.92. The van der Waals surface area contributed by atoms with E-state index in [1.807, 2.05) is 0 Å². The van der Waals surface area contributed by atoms with Crippen molar-refractivity contribution in [3.8, 4) is 0 Å². The first-order valence-corrected chi connectivity index (χ1v) is 3.92. The molecule has 2 unspecified atom stereocenters. The summed E-state index contributed by atoms with van der Waals surface area (Å²) < 4.78 is 4.50. The summed E-state index contributed by atoms with van der Waals surface area (Å²) in [5.74, 6) is -1.30. The predicted octanol–water partition coefficient (Wildman–Crippen LogP) is -1.66. The van der Waals surface area contributed by atoms with Gasteiger partial charge in [-0.1, -0.05) is 0 Å². The van der Waals surface area contributed by atoms with Crippen LogP contribution in [0, 0.1) is 0 Å². The summed E-state index contributed by atoms with van der Waals surface area (Å²) in [6.07, 6.45) is 0. The number of hydrogen-bond donors (Lipinski definition) is 4. The highest BCUT2D eigenvalue weighted by molar-refractivity contribution is 5.78. The molecule has 1 heterocycles. The van der Waals surface area contributed by atoms with E-state index in [4.69, 9.17) is 5.11 Å². The van der Waals surface area contributed by atoms with E-state index in [0.29, 0.717) is 0 Å². The number of aliphatic carboxylic acids is 1. The normalized spacial score (nSPS) is 26.1. The Labute approximate surface area is 81.4 Å². The number of carbonyl (C=O) groups excluding carboxylic acids is 1. The highest BCUT2D eigenvalue weighted by atomic mass is 16.5. The van der Waals surface area contributed by atoms with Crippen molar-refractivity contribution in [1.29, 1.82) is 0 Å². The van der Waals surface area contributed by atoms with Crippen LogP contribution in [0.2, 0.25) is 0 Å². The lowest BCUT2D eigenvalue weighted by Crippen LogP contribution is -2.59. The monoisotopic (exact) mass is 205 g/mol. The van der Waals surface area contributed by atoms with Gasteiger partial charge >= 0.3 is 11.9 Å². The molecule has 0 radical (unpaired) electrons. The maximum Gasteiger partial charge on any atom is 0.324 e. The average Bonchev–Trinajstić information content (AvgIpc) is 2.17. The molecule has 2 atom stereocenters. The average molecular weight is 205 g/mol. The summed E-state index contributed by atoms with van der Waals surface area (Å²) in [7, 11) is 1.30. The Morgan fingerprint density at radius 2 is 1.79 bits per heavy atom. The number of piperazine rings is 1. The number of methoxy groups -OCH3 is 1. The van der Waals surface area contributed by atoms with Crippen molar-refractivity contribution >= 4 is 11.9 Å². The SMILES string of the molecule is COC(=O)C1CNC(C(=O)O)CN1.N. The minimum absolute atomic E-state index is 0. The molecule has 0 spiro atoms. The van der Waals surface area contributed by atoms with Gasteiger partial charge in [0.2, 0.25) is 0 Å². The standard InChI is InChI=1S/C7H12N2O4.H3N/c1-13-7(12)5-3-8-4(2-9-5)6(10)11;/h4-5,8-9H,2-3H2,1H3,(H,10,11);1H3. The summed E-state index contributed by atoms with van der Waals surface area (Å²) in [4.78, 5) is 21.5. The molecule has 1 saturated heterocycles. The zero-order chi connectivity index (χ0) is 9.84. The number of nitrogens with one attached hydrogen (secondary N) is 2. The van der Waals surface area contributed by atoms with Crippen LogP contribution in [0.1, 0.15) is 0 Å².